The average Bonchev–Trinajstić information content (AvgIpc) is 3.23. The molecule has 164 valence electrons. The molecule has 32 heavy (non-hydrogen) atoms. The number of amides is 2. The monoisotopic (exact) mass is 456 g/mol. The number of nitrogens with one attached hydrogen (secondary N) is 2. The fourth-order valence-electron chi connectivity index (χ4n) is 2.99. The summed E-state index contributed by atoms with van der Waals surface area (Å²) in [5.41, 5.74) is 0.573. The van der Waals surface area contributed by atoms with Gasteiger partial charge in [0.2, 0.25) is 6.79 Å². The summed E-state index contributed by atoms with van der Waals surface area (Å²) in [7, 11) is -3.40. The van der Waals surface area contributed by atoms with Gasteiger partial charge in [0.1, 0.15) is 5.82 Å². The molecule has 0 radical (unpaired) electrons. The van der Waals surface area contributed by atoms with Gasteiger partial charge in [0.15, 0.2) is 21.3 Å². The predicted octanol–water partition coefficient (Wildman–Crippen LogP) is 3.46. The number of ether oxygens (including phenoxy) is 2. The quantitative estimate of drug-likeness (QED) is 0.608. The smallest absolute Gasteiger partial charge is 0.255 e. The van der Waals surface area contributed by atoms with Crippen LogP contribution in [0.1, 0.15) is 20.7 Å². The Morgan fingerprint density at radius 3 is 2.22 bits per heavy atom. The third-order valence-electron chi connectivity index (χ3n) is 4.65. The number of sulfone groups is 1. The second-order valence-corrected chi connectivity index (χ2v) is 8.98. The largest absolute Gasteiger partial charge is 0.454 e. The van der Waals surface area contributed by atoms with Crippen molar-refractivity contribution in [2.24, 2.45) is 0 Å². The van der Waals surface area contributed by atoms with Crippen LogP contribution in [0.2, 0.25) is 0 Å². The Bertz CT molecular complexity index is 1320. The normalized spacial score (nSPS) is 12.3. The molecule has 10 heteroatoms. The summed E-state index contributed by atoms with van der Waals surface area (Å²) in [6.07, 6.45) is 1.06. The number of carbonyl (C=O) groups is 2. The number of anilines is 2. The summed E-state index contributed by atoms with van der Waals surface area (Å²) in [5.74, 6) is -0.802. The van der Waals surface area contributed by atoms with Crippen LogP contribution in [0.15, 0.2) is 65.6 Å². The minimum Gasteiger partial charge on any atom is -0.454 e. The van der Waals surface area contributed by atoms with Gasteiger partial charge in [0.05, 0.1) is 10.6 Å². The summed E-state index contributed by atoms with van der Waals surface area (Å²) in [6, 6.07) is 13.7. The van der Waals surface area contributed by atoms with Crippen molar-refractivity contribution in [3.63, 3.8) is 0 Å². The number of hydrogen-bond donors (Lipinski definition) is 2. The third kappa shape index (κ3) is 4.54. The highest BCUT2D eigenvalue weighted by atomic mass is 32.2. The van der Waals surface area contributed by atoms with E-state index in [0.717, 1.165) is 12.3 Å². The van der Waals surface area contributed by atoms with Crippen LogP contribution in [0.4, 0.5) is 15.8 Å². The zero-order chi connectivity index (χ0) is 22.9. The fourth-order valence-corrected chi connectivity index (χ4v) is 3.62. The first-order valence-corrected chi connectivity index (χ1v) is 11.2. The Kier molecular flexibility index (Phi) is 5.54. The lowest BCUT2D eigenvalue weighted by atomic mass is 10.1. The Morgan fingerprint density at radius 2 is 1.50 bits per heavy atom. The molecule has 0 saturated heterocycles. The van der Waals surface area contributed by atoms with Crippen molar-refractivity contribution in [2.45, 2.75) is 4.90 Å². The van der Waals surface area contributed by atoms with Crippen molar-refractivity contribution < 1.29 is 31.9 Å². The van der Waals surface area contributed by atoms with Crippen LogP contribution in [0.5, 0.6) is 11.5 Å². The average molecular weight is 456 g/mol. The Morgan fingerprint density at radius 1 is 0.844 bits per heavy atom. The second-order valence-electron chi connectivity index (χ2n) is 6.97. The van der Waals surface area contributed by atoms with Gasteiger partial charge in [-0.2, -0.15) is 0 Å². The molecule has 0 bridgehead atoms. The zero-order valence-electron chi connectivity index (χ0n) is 16.7. The highest BCUT2D eigenvalue weighted by Crippen LogP contribution is 2.32. The number of carbonyl (C=O) groups excluding carboxylic acids is 2. The van der Waals surface area contributed by atoms with E-state index < -0.39 is 27.5 Å². The number of fused-ring (bicyclic) bond motifs is 1. The SMILES string of the molecule is CS(=O)(=O)c1ccc(C(=O)Nc2cc(NC(=O)c3ccc4c(c3)OCO4)ccc2F)cc1. The Balaban J connectivity index is 1.49. The number of benzene rings is 3. The van der Waals surface area contributed by atoms with E-state index in [-0.39, 0.29) is 28.6 Å². The highest BCUT2D eigenvalue weighted by Gasteiger charge is 2.17. The van der Waals surface area contributed by atoms with Crippen molar-refractivity contribution in [1.82, 2.24) is 0 Å². The maximum absolute atomic E-state index is 14.2. The first-order chi connectivity index (χ1) is 15.2. The molecule has 0 fully saturated rings. The number of hydrogen-bond acceptors (Lipinski definition) is 6. The van der Waals surface area contributed by atoms with E-state index in [1.165, 1.54) is 42.5 Å². The molecule has 2 amide bonds. The third-order valence-corrected chi connectivity index (χ3v) is 5.78. The minimum atomic E-state index is -3.40. The van der Waals surface area contributed by atoms with Gasteiger partial charge in [0.25, 0.3) is 11.8 Å². The molecule has 0 unspecified atom stereocenters. The van der Waals surface area contributed by atoms with Gasteiger partial charge in [-0.3, -0.25) is 9.59 Å². The molecule has 0 saturated carbocycles. The maximum Gasteiger partial charge on any atom is 0.255 e. The Hall–Kier alpha value is -3.92. The van der Waals surface area contributed by atoms with Gasteiger partial charge in [0, 0.05) is 23.1 Å². The van der Waals surface area contributed by atoms with Crippen molar-refractivity contribution in [1.29, 1.82) is 0 Å². The van der Waals surface area contributed by atoms with Crippen LogP contribution in [0, 0.1) is 5.82 Å². The van der Waals surface area contributed by atoms with Gasteiger partial charge in [-0.15, -0.1) is 0 Å². The molecule has 3 aromatic carbocycles. The fraction of sp³-hybridized carbons (Fsp3) is 0.0909. The van der Waals surface area contributed by atoms with Gasteiger partial charge in [-0.05, 0) is 60.7 Å². The van der Waals surface area contributed by atoms with Gasteiger partial charge < -0.3 is 20.1 Å². The van der Waals surface area contributed by atoms with Crippen molar-refractivity contribution in [3.8, 4) is 11.5 Å². The van der Waals surface area contributed by atoms with Crippen molar-refractivity contribution >= 4 is 33.0 Å². The van der Waals surface area contributed by atoms with Gasteiger partial charge >= 0.3 is 0 Å². The molecule has 4 rings (SSSR count). The summed E-state index contributed by atoms with van der Waals surface area (Å²) in [4.78, 5) is 25.0. The summed E-state index contributed by atoms with van der Waals surface area (Å²) in [5, 5.41) is 5.06. The van der Waals surface area contributed by atoms with Crippen LogP contribution in [-0.2, 0) is 9.84 Å². The van der Waals surface area contributed by atoms with Gasteiger partial charge in [-0.25, -0.2) is 12.8 Å². The molecule has 0 spiro atoms. The standard InChI is InChI=1S/C22H17FN2O6S/c1-32(28,29)16-6-2-13(3-7-16)21(26)25-18-11-15(5-8-17(18)23)24-22(27)14-4-9-19-20(10-14)31-12-30-19/h2-11H,12H2,1H3,(H,24,27)(H,25,26). The molecule has 0 atom stereocenters. The molecule has 1 heterocycles. The van der Waals surface area contributed by atoms with Crippen molar-refractivity contribution in [2.75, 3.05) is 23.7 Å². The van der Waals surface area contributed by atoms with Crippen LogP contribution < -0.4 is 20.1 Å². The molecular weight excluding hydrogens is 439 g/mol. The van der Waals surface area contributed by atoms with Gasteiger partial charge in [-0.1, -0.05) is 0 Å². The Labute approximate surface area is 182 Å². The molecule has 0 aromatic heterocycles. The zero-order valence-corrected chi connectivity index (χ0v) is 17.5. The first kappa shape index (κ1) is 21.3. The van der Waals surface area contributed by atoms with E-state index in [2.05, 4.69) is 10.6 Å². The summed E-state index contributed by atoms with van der Waals surface area (Å²) >= 11 is 0. The van der Waals surface area contributed by atoms with Crippen LogP contribution in [0.25, 0.3) is 0 Å². The van der Waals surface area contributed by atoms with Crippen LogP contribution in [0.3, 0.4) is 0 Å². The maximum atomic E-state index is 14.2. The molecule has 0 aliphatic carbocycles. The van der Waals surface area contributed by atoms with E-state index in [1.54, 1.807) is 12.1 Å². The number of rotatable bonds is 5. The molecule has 1 aliphatic heterocycles. The van der Waals surface area contributed by atoms with Crippen molar-refractivity contribution in [3.05, 3.63) is 77.6 Å². The lowest BCUT2D eigenvalue weighted by Gasteiger charge is -2.11. The topological polar surface area (TPSA) is 111 Å². The van der Waals surface area contributed by atoms with E-state index >= 15 is 0 Å². The van der Waals surface area contributed by atoms with Crippen LogP contribution >= 0.6 is 0 Å². The summed E-state index contributed by atoms with van der Waals surface area (Å²) in [6.45, 7) is 0.0818. The molecule has 3 aromatic rings. The van der Waals surface area contributed by atoms with Crippen LogP contribution in [-0.4, -0.2) is 33.3 Å². The van der Waals surface area contributed by atoms with E-state index in [9.17, 15) is 22.4 Å². The highest BCUT2D eigenvalue weighted by molar-refractivity contribution is 7.90. The molecule has 8 nitrogen and oxygen atoms in total. The molecule has 2 N–H and O–H groups in total. The molecular formula is C22H17FN2O6S. The minimum absolute atomic E-state index is 0.0634. The summed E-state index contributed by atoms with van der Waals surface area (Å²) < 4.78 is 47.8. The molecule has 1 aliphatic rings. The lowest BCUT2D eigenvalue weighted by Crippen LogP contribution is -2.15. The predicted molar refractivity (Wildman–Crippen MR) is 114 cm³/mol. The lowest BCUT2D eigenvalue weighted by molar-refractivity contribution is 0.101. The van der Waals surface area contributed by atoms with E-state index in [4.69, 9.17) is 9.47 Å². The first-order valence-electron chi connectivity index (χ1n) is 9.33. The second kappa shape index (κ2) is 8.31. The number of halogens is 1. The van der Waals surface area contributed by atoms with E-state index in [1.807, 2.05) is 0 Å². The van der Waals surface area contributed by atoms with E-state index in [0.29, 0.717) is 17.1 Å².